The number of carbonyl (C=O) groups is 2. The molecule has 2 amide bonds. The molecule has 1 fully saturated rings. The zero-order valence-electron chi connectivity index (χ0n) is 22.5. The average molecular weight is 486 g/mol. The summed E-state index contributed by atoms with van der Waals surface area (Å²) in [6.07, 6.45) is 1.29. The molecule has 1 atom stereocenters. The minimum atomic E-state index is -0.574. The molecule has 3 heterocycles. The van der Waals surface area contributed by atoms with E-state index >= 15 is 0 Å². The smallest absolute Gasteiger partial charge is 0.410 e. The first-order valence-corrected chi connectivity index (χ1v) is 12.4. The number of amides is 2. The van der Waals surface area contributed by atoms with E-state index in [1.165, 1.54) is 0 Å². The number of rotatable bonds is 5. The third kappa shape index (κ3) is 6.18. The van der Waals surface area contributed by atoms with E-state index in [0.29, 0.717) is 31.2 Å². The van der Waals surface area contributed by atoms with Crippen molar-refractivity contribution in [1.82, 2.24) is 25.0 Å². The van der Waals surface area contributed by atoms with Gasteiger partial charge in [0.1, 0.15) is 11.9 Å². The largest absolute Gasteiger partial charge is 0.444 e. The van der Waals surface area contributed by atoms with Gasteiger partial charge in [-0.2, -0.15) is 0 Å². The molecule has 0 N–H and O–H groups in total. The van der Waals surface area contributed by atoms with Crippen molar-refractivity contribution in [1.29, 1.82) is 0 Å². The molecule has 0 spiro atoms. The number of ether oxygens (including phenoxy) is 1. The normalized spacial score (nSPS) is 17.0. The molecule has 9 heteroatoms. The van der Waals surface area contributed by atoms with Gasteiger partial charge < -0.3 is 19.0 Å². The molecule has 35 heavy (non-hydrogen) atoms. The highest BCUT2D eigenvalue weighted by Crippen LogP contribution is 2.29. The van der Waals surface area contributed by atoms with Crippen molar-refractivity contribution >= 4 is 12.0 Å². The summed E-state index contributed by atoms with van der Waals surface area (Å²) >= 11 is 0. The first kappa shape index (κ1) is 26.6. The Bertz CT molecular complexity index is 1050. The lowest BCUT2D eigenvalue weighted by molar-refractivity contribution is -0.00803. The standard InChI is InChI=1S/C26H39N5O4/c1-15(2)18-12-19(28-29-22(18)23-27-20(14-34-23)16(3)4)24(32)30-10-11-31(21(13-30)17(5)6)25(33)35-26(7,8)9/h12,14-17,21H,10-11,13H2,1-9H3/t21-/m1/s1. The molecule has 0 unspecified atom stereocenters. The molecule has 3 rings (SSSR count). The lowest BCUT2D eigenvalue weighted by atomic mass is 9.98. The first-order valence-electron chi connectivity index (χ1n) is 12.4. The summed E-state index contributed by atoms with van der Waals surface area (Å²) in [6.45, 7) is 19.0. The van der Waals surface area contributed by atoms with E-state index in [2.05, 4.69) is 15.2 Å². The number of nitrogens with zero attached hydrogens (tertiary/aromatic N) is 5. The summed E-state index contributed by atoms with van der Waals surface area (Å²) in [5.74, 6) is 0.689. The number of oxazole rings is 1. The van der Waals surface area contributed by atoms with Crippen LogP contribution in [0.5, 0.6) is 0 Å². The molecule has 0 bridgehead atoms. The lowest BCUT2D eigenvalue weighted by Crippen LogP contribution is -2.59. The fraction of sp³-hybridized carbons (Fsp3) is 0.654. The van der Waals surface area contributed by atoms with Crippen molar-refractivity contribution in [3.8, 4) is 11.6 Å². The van der Waals surface area contributed by atoms with Crippen molar-refractivity contribution in [2.24, 2.45) is 5.92 Å². The minimum absolute atomic E-state index is 0.0916. The summed E-state index contributed by atoms with van der Waals surface area (Å²) in [7, 11) is 0. The fourth-order valence-corrected chi connectivity index (χ4v) is 4.05. The highest BCUT2D eigenvalue weighted by atomic mass is 16.6. The van der Waals surface area contributed by atoms with Crippen LogP contribution in [0.25, 0.3) is 11.6 Å². The molecule has 2 aromatic rings. The van der Waals surface area contributed by atoms with Gasteiger partial charge in [0.25, 0.3) is 5.91 Å². The van der Waals surface area contributed by atoms with Crippen LogP contribution in [-0.4, -0.2) is 68.3 Å². The molecule has 1 saturated heterocycles. The SMILES string of the molecule is CC(C)c1coc(-c2nnc(C(=O)N3CCN(C(=O)OC(C)(C)C)[C@@H](C(C)C)C3)cc2C(C)C)n1. The van der Waals surface area contributed by atoms with Gasteiger partial charge in [-0.25, -0.2) is 9.78 Å². The quantitative estimate of drug-likeness (QED) is 0.581. The Balaban J connectivity index is 1.83. The van der Waals surface area contributed by atoms with Crippen LogP contribution in [0.4, 0.5) is 4.79 Å². The molecule has 192 valence electrons. The van der Waals surface area contributed by atoms with Crippen molar-refractivity contribution in [3.05, 3.63) is 29.3 Å². The van der Waals surface area contributed by atoms with Gasteiger partial charge in [0.15, 0.2) is 11.4 Å². The van der Waals surface area contributed by atoms with Gasteiger partial charge in [-0.3, -0.25) is 4.79 Å². The Kier molecular flexibility index (Phi) is 7.87. The number of aromatic nitrogens is 3. The second-order valence-electron chi connectivity index (χ2n) is 11.2. The molecule has 0 aromatic carbocycles. The topological polar surface area (TPSA) is 102 Å². The fourth-order valence-electron chi connectivity index (χ4n) is 4.05. The zero-order valence-corrected chi connectivity index (χ0v) is 22.5. The summed E-state index contributed by atoms with van der Waals surface area (Å²) < 4.78 is 11.3. The molecule has 1 aliphatic rings. The van der Waals surface area contributed by atoms with E-state index in [0.717, 1.165) is 11.3 Å². The number of hydrogen-bond acceptors (Lipinski definition) is 7. The Morgan fingerprint density at radius 1 is 1.06 bits per heavy atom. The van der Waals surface area contributed by atoms with Gasteiger partial charge in [0, 0.05) is 19.6 Å². The molecule has 0 saturated carbocycles. The van der Waals surface area contributed by atoms with Gasteiger partial charge in [0.2, 0.25) is 5.89 Å². The van der Waals surface area contributed by atoms with Crippen molar-refractivity contribution < 1.29 is 18.7 Å². The van der Waals surface area contributed by atoms with Gasteiger partial charge in [-0.05, 0) is 50.2 Å². The third-order valence-corrected chi connectivity index (χ3v) is 6.08. The lowest BCUT2D eigenvalue weighted by Gasteiger charge is -2.43. The molecule has 1 aliphatic heterocycles. The van der Waals surface area contributed by atoms with Crippen molar-refractivity contribution in [2.45, 2.75) is 85.8 Å². The van der Waals surface area contributed by atoms with Crippen molar-refractivity contribution in [3.63, 3.8) is 0 Å². The Morgan fingerprint density at radius 3 is 2.29 bits per heavy atom. The van der Waals surface area contributed by atoms with E-state index in [9.17, 15) is 9.59 Å². The zero-order chi connectivity index (χ0) is 26.1. The molecular weight excluding hydrogens is 446 g/mol. The number of hydrogen-bond donors (Lipinski definition) is 0. The molecule has 0 radical (unpaired) electrons. The van der Waals surface area contributed by atoms with Gasteiger partial charge >= 0.3 is 6.09 Å². The van der Waals surface area contributed by atoms with Crippen LogP contribution in [0.1, 0.15) is 95.9 Å². The summed E-state index contributed by atoms with van der Waals surface area (Å²) in [6, 6.07) is 1.64. The van der Waals surface area contributed by atoms with E-state index < -0.39 is 5.60 Å². The van der Waals surface area contributed by atoms with Crippen LogP contribution in [0.2, 0.25) is 0 Å². The van der Waals surface area contributed by atoms with Gasteiger partial charge in [-0.15, -0.1) is 10.2 Å². The summed E-state index contributed by atoms with van der Waals surface area (Å²) in [5.41, 5.74) is 1.96. The second-order valence-corrected chi connectivity index (χ2v) is 11.2. The van der Waals surface area contributed by atoms with Crippen LogP contribution in [0.15, 0.2) is 16.7 Å². The van der Waals surface area contributed by atoms with E-state index in [-0.39, 0.29) is 41.5 Å². The number of piperazine rings is 1. The average Bonchev–Trinajstić information content (AvgIpc) is 3.27. The van der Waals surface area contributed by atoms with Crippen LogP contribution in [0.3, 0.4) is 0 Å². The van der Waals surface area contributed by atoms with Crippen LogP contribution in [0, 0.1) is 5.92 Å². The maximum atomic E-state index is 13.4. The number of carbonyl (C=O) groups excluding carboxylic acids is 2. The Hall–Kier alpha value is -2.97. The first-order chi connectivity index (χ1) is 16.3. The van der Waals surface area contributed by atoms with Gasteiger partial charge in [0.05, 0.1) is 11.7 Å². The van der Waals surface area contributed by atoms with Gasteiger partial charge in [-0.1, -0.05) is 41.5 Å². The summed E-state index contributed by atoms with van der Waals surface area (Å²) in [4.78, 5) is 34.3. The van der Waals surface area contributed by atoms with E-state index in [4.69, 9.17) is 9.15 Å². The maximum Gasteiger partial charge on any atom is 0.410 e. The molecule has 0 aliphatic carbocycles. The molecular formula is C26H39N5O4. The van der Waals surface area contributed by atoms with Crippen LogP contribution in [-0.2, 0) is 4.74 Å². The summed E-state index contributed by atoms with van der Waals surface area (Å²) in [5, 5.41) is 8.61. The van der Waals surface area contributed by atoms with Crippen LogP contribution >= 0.6 is 0 Å². The molecule has 9 nitrogen and oxygen atoms in total. The minimum Gasteiger partial charge on any atom is -0.444 e. The third-order valence-electron chi connectivity index (χ3n) is 6.08. The predicted molar refractivity (Wildman–Crippen MR) is 133 cm³/mol. The van der Waals surface area contributed by atoms with Crippen LogP contribution < -0.4 is 0 Å². The Labute approximate surface area is 208 Å². The van der Waals surface area contributed by atoms with E-state index in [1.54, 1.807) is 22.1 Å². The van der Waals surface area contributed by atoms with E-state index in [1.807, 2.05) is 62.3 Å². The predicted octanol–water partition coefficient (Wildman–Crippen LogP) is 5.10. The maximum absolute atomic E-state index is 13.4. The highest BCUT2D eigenvalue weighted by molar-refractivity contribution is 5.93. The molecule has 2 aromatic heterocycles. The van der Waals surface area contributed by atoms with Crippen molar-refractivity contribution in [2.75, 3.05) is 19.6 Å². The second kappa shape index (κ2) is 10.3. The monoisotopic (exact) mass is 485 g/mol. The Morgan fingerprint density at radius 2 is 1.74 bits per heavy atom. The highest BCUT2D eigenvalue weighted by Gasteiger charge is 2.37.